The molecule has 4 nitrogen and oxygen atoms in total. The topological polar surface area (TPSA) is 41.9 Å². The molecule has 0 aromatic heterocycles. The first-order valence-electron chi connectivity index (χ1n) is 11.3. The second-order valence-electron chi connectivity index (χ2n) is 8.58. The molecule has 3 aromatic rings. The summed E-state index contributed by atoms with van der Waals surface area (Å²) in [6, 6.07) is 23.7. The van der Waals surface area contributed by atoms with Crippen LogP contribution in [0, 0.1) is 5.92 Å². The molecular weight excluding hydrogens is 556 g/mol. The normalized spacial score (nSPS) is 20.7. The zero-order valence-corrected chi connectivity index (χ0v) is 21.9. The molecule has 0 unspecified atom stereocenters. The Morgan fingerprint density at radius 2 is 1.62 bits per heavy atom. The molecule has 0 spiro atoms. The number of nitrogens with zero attached hydrogens (tertiary/aromatic N) is 2. The van der Waals surface area contributed by atoms with E-state index < -0.39 is 0 Å². The summed E-state index contributed by atoms with van der Waals surface area (Å²) < 4.78 is 7.34. The van der Waals surface area contributed by atoms with Crippen LogP contribution in [0.15, 0.2) is 92.4 Å². The number of halogens is 2. The van der Waals surface area contributed by atoms with E-state index in [-0.39, 0.29) is 17.9 Å². The van der Waals surface area contributed by atoms with Crippen LogP contribution in [0.1, 0.15) is 46.8 Å². The molecule has 1 fully saturated rings. The van der Waals surface area contributed by atoms with Gasteiger partial charge in [-0.3, -0.25) is 4.79 Å². The van der Waals surface area contributed by atoms with E-state index >= 15 is 0 Å². The molecule has 34 heavy (non-hydrogen) atoms. The molecule has 1 saturated carbocycles. The van der Waals surface area contributed by atoms with Gasteiger partial charge in [-0.15, -0.1) is 0 Å². The second kappa shape index (κ2) is 9.88. The van der Waals surface area contributed by atoms with Crippen molar-refractivity contribution in [2.45, 2.75) is 25.3 Å². The maximum Gasteiger partial charge on any atom is 0.274 e. The lowest BCUT2D eigenvalue weighted by molar-refractivity contribution is 0.0681. The van der Waals surface area contributed by atoms with Gasteiger partial charge in [0.25, 0.3) is 5.91 Å². The molecule has 1 aliphatic heterocycles. The Hall–Kier alpha value is -2.70. The van der Waals surface area contributed by atoms with Crippen molar-refractivity contribution in [3.05, 3.63) is 104 Å². The molecule has 6 heteroatoms. The fourth-order valence-corrected chi connectivity index (χ4v) is 5.32. The summed E-state index contributed by atoms with van der Waals surface area (Å²) in [5.41, 5.74) is 5.08. The van der Waals surface area contributed by atoms with E-state index in [9.17, 15) is 4.79 Å². The van der Waals surface area contributed by atoms with E-state index in [2.05, 4.69) is 62.2 Å². The first kappa shape index (κ1) is 23.1. The Labute approximate surface area is 216 Å². The quantitative estimate of drug-likeness (QED) is 0.318. The number of fused-ring (bicyclic) bond motifs is 1. The van der Waals surface area contributed by atoms with Crippen molar-refractivity contribution in [3.63, 3.8) is 0 Å². The average Bonchev–Trinajstić information content (AvgIpc) is 3.26. The number of hydrazone groups is 1. The number of rotatable bonds is 4. The summed E-state index contributed by atoms with van der Waals surface area (Å²) in [6.45, 7) is 0. The summed E-state index contributed by atoms with van der Waals surface area (Å²) in [4.78, 5) is 13.7. The first-order chi connectivity index (χ1) is 16.5. The summed E-state index contributed by atoms with van der Waals surface area (Å²) in [5.74, 6) is 0.793. The van der Waals surface area contributed by atoms with Crippen molar-refractivity contribution in [2.24, 2.45) is 11.0 Å². The first-order valence-corrected chi connectivity index (χ1v) is 12.9. The third-order valence-corrected chi connectivity index (χ3v) is 7.53. The van der Waals surface area contributed by atoms with Crippen molar-refractivity contribution in [3.8, 4) is 5.75 Å². The van der Waals surface area contributed by atoms with Crippen LogP contribution < -0.4 is 4.74 Å². The van der Waals surface area contributed by atoms with Crippen LogP contribution in [0.3, 0.4) is 0 Å². The highest BCUT2D eigenvalue weighted by atomic mass is 79.9. The van der Waals surface area contributed by atoms with Crippen molar-refractivity contribution in [2.75, 3.05) is 7.11 Å². The highest BCUT2D eigenvalue weighted by Gasteiger charge is 2.43. The molecule has 0 N–H and O–H groups in total. The minimum Gasteiger partial charge on any atom is -0.497 e. The largest absolute Gasteiger partial charge is 0.497 e. The Morgan fingerprint density at radius 1 is 0.971 bits per heavy atom. The Bertz CT molecular complexity index is 1250. The molecule has 1 aliphatic carbocycles. The monoisotopic (exact) mass is 578 g/mol. The van der Waals surface area contributed by atoms with E-state index in [4.69, 9.17) is 9.84 Å². The summed E-state index contributed by atoms with van der Waals surface area (Å²) in [6.07, 6.45) is 5.26. The molecule has 172 valence electrons. The smallest absolute Gasteiger partial charge is 0.274 e. The molecule has 0 bridgehead atoms. The number of methoxy groups -OCH3 is 1. The van der Waals surface area contributed by atoms with Crippen LogP contribution >= 0.6 is 31.9 Å². The number of hydrogen-bond donors (Lipinski definition) is 0. The van der Waals surface area contributed by atoms with Gasteiger partial charge in [-0.2, -0.15) is 5.10 Å². The zero-order chi connectivity index (χ0) is 23.7. The number of allylic oxidation sites excluding steroid dienone is 1. The van der Waals surface area contributed by atoms with Gasteiger partial charge in [0.05, 0.1) is 18.9 Å². The zero-order valence-electron chi connectivity index (χ0n) is 18.7. The van der Waals surface area contributed by atoms with Gasteiger partial charge in [-0.25, -0.2) is 5.01 Å². The lowest BCUT2D eigenvalue weighted by Gasteiger charge is -2.29. The predicted molar refractivity (Wildman–Crippen MR) is 143 cm³/mol. The van der Waals surface area contributed by atoms with Crippen LogP contribution in [-0.2, 0) is 0 Å². The SMILES string of the molecule is COc1ccc(C(=O)N2N=C3/C(=C/c4ccc(Br)cc4)CCC[C@H]3[C@H]2c2ccc(Br)cc2)cc1. The third-order valence-electron chi connectivity index (χ3n) is 6.47. The van der Waals surface area contributed by atoms with Gasteiger partial charge in [-0.1, -0.05) is 56.1 Å². The predicted octanol–water partition coefficient (Wildman–Crippen LogP) is 7.66. The van der Waals surface area contributed by atoms with Crippen LogP contribution in [0.4, 0.5) is 0 Å². The van der Waals surface area contributed by atoms with Gasteiger partial charge < -0.3 is 4.74 Å². The van der Waals surface area contributed by atoms with Crippen molar-refractivity contribution in [1.29, 1.82) is 0 Å². The van der Waals surface area contributed by atoms with Crippen molar-refractivity contribution < 1.29 is 9.53 Å². The van der Waals surface area contributed by atoms with Crippen molar-refractivity contribution >= 4 is 49.6 Å². The number of carbonyl (C=O) groups excluding carboxylic acids is 1. The molecule has 1 heterocycles. The molecule has 5 rings (SSSR count). The number of benzene rings is 3. The highest BCUT2D eigenvalue weighted by molar-refractivity contribution is 9.10. The molecular formula is C28H24Br2N2O2. The second-order valence-corrected chi connectivity index (χ2v) is 10.4. The third kappa shape index (κ3) is 4.62. The standard InChI is InChI=1S/C28H24Br2N2O2/c1-34-24-15-9-20(10-16-24)28(33)32-27(19-7-13-23(30)14-8-19)25-4-2-3-21(26(25)31-32)17-18-5-11-22(29)12-6-18/h5-17,25,27H,2-4H2,1H3/b21-17+/t25-,27-/m1/s1. The lowest BCUT2D eigenvalue weighted by atomic mass is 9.77. The Balaban J connectivity index is 1.56. The van der Waals surface area contributed by atoms with E-state index in [1.807, 2.05) is 36.4 Å². The van der Waals surface area contributed by atoms with Crippen molar-refractivity contribution in [1.82, 2.24) is 5.01 Å². The molecule has 2 atom stereocenters. The Kier molecular flexibility index (Phi) is 6.70. The number of hydrogen-bond acceptors (Lipinski definition) is 3. The molecule has 2 aliphatic rings. The van der Waals surface area contributed by atoms with E-state index in [1.165, 1.54) is 5.57 Å². The maximum atomic E-state index is 13.7. The van der Waals surface area contributed by atoms with Gasteiger partial charge in [0.1, 0.15) is 5.75 Å². The average molecular weight is 580 g/mol. The minimum atomic E-state index is -0.133. The van der Waals surface area contributed by atoms with Gasteiger partial charge in [0, 0.05) is 20.4 Å². The van der Waals surface area contributed by atoms with Gasteiger partial charge in [-0.05, 0) is 90.6 Å². The van der Waals surface area contributed by atoms with Crippen LogP contribution in [-0.4, -0.2) is 23.7 Å². The maximum absolute atomic E-state index is 13.7. The highest BCUT2D eigenvalue weighted by Crippen LogP contribution is 2.45. The fraction of sp³-hybridized carbons (Fsp3) is 0.214. The van der Waals surface area contributed by atoms with Crippen LogP contribution in [0.25, 0.3) is 6.08 Å². The molecule has 0 saturated heterocycles. The number of amides is 1. The van der Waals surface area contributed by atoms with E-state index in [0.29, 0.717) is 5.56 Å². The molecule has 0 radical (unpaired) electrons. The minimum absolute atomic E-state index is 0.0968. The fourth-order valence-electron chi connectivity index (χ4n) is 4.79. The number of carbonyl (C=O) groups is 1. The van der Waals surface area contributed by atoms with E-state index in [0.717, 1.165) is 50.8 Å². The molecule has 1 amide bonds. The number of ether oxygens (including phenoxy) is 1. The summed E-state index contributed by atoms with van der Waals surface area (Å²) >= 11 is 7.05. The summed E-state index contributed by atoms with van der Waals surface area (Å²) in [5, 5.41) is 6.68. The molecule has 3 aromatic carbocycles. The lowest BCUT2D eigenvalue weighted by Crippen LogP contribution is -2.31. The Morgan fingerprint density at radius 3 is 2.26 bits per heavy atom. The van der Waals surface area contributed by atoms with Gasteiger partial charge in [0.2, 0.25) is 0 Å². The van der Waals surface area contributed by atoms with Gasteiger partial charge in [0.15, 0.2) is 0 Å². The van der Waals surface area contributed by atoms with E-state index in [1.54, 1.807) is 24.3 Å². The van der Waals surface area contributed by atoms with Crippen LogP contribution in [0.2, 0.25) is 0 Å². The van der Waals surface area contributed by atoms with Crippen LogP contribution in [0.5, 0.6) is 5.75 Å². The van der Waals surface area contributed by atoms with Gasteiger partial charge >= 0.3 is 0 Å². The summed E-state index contributed by atoms with van der Waals surface area (Å²) in [7, 11) is 1.62.